The van der Waals surface area contributed by atoms with Crippen molar-refractivity contribution in [3.05, 3.63) is 83.1 Å². The summed E-state index contributed by atoms with van der Waals surface area (Å²) in [5.41, 5.74) is 4.71. The van der Waals surface area contributed by atoms with Crippen molar-refractivity contribution in [2.75, 3.05) is 11.6 Å². The highest BCUT2D eigenvalue weighted by molar-refractivity contribution is 9.10. The molecule has 0 aliphatic heterocycles. The van der Waals surface area contributed by atoms with Gasteiger partial charge < -0.3 is 9.72 Å². The SMILES string of the molecule is CSc1cccc(NC(=O)CCc2c(-c3ccc(Br)cc3)nc3ccccn23)c1. The third-order valence-electron chi connectivity index (χ3n) is 4.69. The van der Waals surface area contributed by atoms with E-state index < -0.39 is 0 Å². The second-order valence-electron chi connectivity index (χ2n) is 6.62. The summed E-state index contributed by atoms with van der Waals surface area (Å²) in [6.07, 6.45) is 5.01. The summed E-state index contributed by atoms with van der Waals surface area (Å²) in [6, 6.07) is 21.9. The molecule has 2 aromatic carbocycles. The van der Waals surface area contributed by atoms with Crippen LogP contribution in [0.5, 0.6) is 0 Å². The Morgan fingerprint density at radius 1 is 1.10 bits per heavy atom. The number of nitrogens with zero attached hydrogens (tertiary/aromatic N) is 2. The summed E-state index contributed by atoms with van der Waals surface area (Å²) in [6.45, 7) is 0. The van der Waals surface area contributed by atoms with Crippen LogP contribution in [0, 0.1) is 0 Å². The van der Waals surface area contributed by atoms with E-state index in [1.54, 1.807) is 11.8 Å². The predicted molar refractivity (Wildman–Crippen MR) is 124 cm³/mol. The van der Waals surface area contributed by atoms with Crippen molar-refractivity contribution in [3.8, 4) is 11.3 Å². The third kappa shape index (κ3) is 4.54. The lowest BCUT2D eigenvalue weighted by Crippen LogP contribution is -2.13. The first-order valence-electron chi connectivity index (χ1n) is 9.30. The number of thioether (sulfide) groups is 1. The van der Waals surface area contributed by atoms with Gasteiger partial charge >= 0.3 is 0 Å². The van der Waals surface area contributed by atoms with Crippen molar-refractivity contribution in [3.63, 3.8) is 0 Å². The van der Waals surface area contributed by atoms with Crippen molar-refractivity contribution in [2.24, 2.45) is 0 Å². The van der Waals surface area contributed by atoms with Gasteiger partial charge in [0, 0.05) is 33.2 Å². The minimum Gasteiger partial charge on any atom is -0.326 e. The quantitative estimate of drug-likeness (QED) is 0.352. The van der Waals surface area contributed by atoms with E-state index in [2.05, 4.69) is 25.6 Å². The number of benzene rings is 2. The molecule has 0 atom stereocenters. The highest BCUT2D eigenvalue weighted by atomic mass is 79.9. The highest BCUT2D eigenvalue weighted by Crippen LogP contribution is 2.27. The zero-order chi connectivity index (χ0) is 20.2. The minimum atomic E-state index is -0.00381. The van der Waals surface area contributed by atoms with Gasteiger partial charge in [-0.3, -0.25) is 4.79 Å². The summed E-state index contributed by atoms with van der Waals surface area (Å²) < 4.78 is 3.09. The van der Waals surface area contributed by atoms with E-state index in [0.717, 1.165) is 37.7 Å². The maximum atomic E-state index is 12.6. The van der Waals surface area contributed by atoms with Crippen molar-refractivity contribution < 1.29 is 4.79 Å². The maximum absolute atomic E-state index is 12.6. The fourth-order valence-electron chi connectivity index (χ4n) is 3.28. The van der Waals surface area contributed by atoms with Crippen LogP contribution in [0.3, 0.4) is 0 Å². The number of aromatic nitrogens is 2. The van der Waals surface area contributed by atoms with Gasteiger partial charge in [0.2, 0.25) is 5.91 Å². The summed E-state index contributed by atoms with van der Waals surface area (Å²) in [5.74, 6) is -0.00381. The normalized spacial score (nSPS) is 11.0. The van der Waals surface area contributed by atoms with Gasteiger partial charge in [-0.2, -0.15) is 0 Å². The van der Waals surface area contributed by atoms with Crippen molar-refractivity contribution in [1.29, 1.82) is 0 Å². The van der Waals surface area contributed by atoms with Crippen LogP contribution in [0.4, 0.5) is 5.69 Å². The number of fused-ring (bicyclic) bond motifs is 1. The number of imidazole rings is 1. The second-order valence-corrected chi connectivity index (χ2v) is 8.42. The number of halogens is 1. The van der Waals surface area contributed by atoms with Gasteiger partial charge in [-0.25, -0.2) is 4.98 Å². The largest absolute Gasteiger partial charge is 0.326 e. The Labute approximate surface area is 182 Å². The molecule has 1 amide bonds. The molecule has 6 heteroatoms. The summed E-state index contributed by atoms with van der Waals surface area (Å²) in [7, 11) is 0. The molecule has 146 valence electrons. The van der Waals surface area contributed by atoms with Crippen LogP contribution in [0.15, 0.2) is 82.3 Å². The number of aryl methyl sites for hydroxylation is 1. The number of pyridine rings is 1. The molecule has 29 heavy (non-hydrogen) atoms. The van der Waals surface area contributed by atoms with Gasteiger partial charge in [0.25, 0.3) is 0 Å². The van der Waals surface area contributed by atoms with Gasteiger partial charge in [-0.05, 0) is 55.1 Å². The van der Waals surface area contributed by atoms with Crippen LogP contribution in [-0.4, -0.2) is 21.5 Å². The van der Waals surface area contributed by atoms with E-state index in [0.29, 0.717) is 12.8 Å². The molecule has 2 aromatic heterocycles. The summed E-state index contributed by atoms with van der Waals surface area (Å²) >= 11 is 5.14. The fourth-order valence-corrected chi connectivity index (χ4v) is 4.00. The van der Waals surface area contributed by atoms with Gasteiger partial charge in [-0.1, -0.05) is 40.2 Å². The van der Waals surface area contributed by atoms with E-state index in [-0.39, 0.29) is 5.91 Å². The van der Waals surface area contributed by atoms with Crippen molar-refractivity contribution >= 4 is 44.9 Å². The molecule has 0 aliphatic rings. The zero-order valence-electron chi connectivity index (χ0n) is 15.9. The molecule has 4 rings (SSSR count). The van der Waals surface area contributed by atoms with E-state index in [1.807, 2.05) is 79.2 Å². The molecule has 0 saturated heterocycles. The van der Waals surface area contributed by atoms with Gasteiger partial charge in [0.1, 0.15) is 5.65 Å². The van der Waals surface area contributed by atoms with E-state index in [1.165, 1.54) is 0 Å². The lowest BCUT2D eigenvalue weighted by atomic mass is 10.1. The first kappa shape index (κ1) is 19.7. The van der Waals surface area contributed by atoms with Crippen LogP contribution in [0.1, 0.15) is 12.1 Å². The predicted octanol–water partition coefficient (Wildman–Crippen LogP) is 6.06. The molecule has 4 aromatic rings. The minimum absolute atomic E-state index is 0.00381. The van der Waals surface area contributed by atoms with Gasteiger partial charge in [0.15, 0.2) is 0 Å². The van der Waals surface area contributed by atoms with E-state index in [4.69, 9.17) is 4.98 Å². The Kier molecular flexibility index (Phi) is 6.02. The lowest BCUT2D eigenvalue weighted by molar-refractivity contribution is -0.116. The van der Waals surface area contributed by atoms with Gasteiger partial charge in [-0.15, -0.1) is 11.8 Å². The first-order chi connectivity index (χ1) is 14.1. The molecule has 0 unspecified atom stereocenters. The number of rotatable bonds is 6. The molecule has 0 bridgehead atoms. The Bertz CT molecular complexity index is 1150. The molecular weight excluding hydrogens is 446 g/mol. The molecule has 4 nitrogen and oxygen atoms in total. The molecular formula is C23H20BrN3OS. The fraction of sp³-hybridized carbons (Fsp3) is 0.130. The van der Waals surface area contributed by atoms with Gasteiger partial charge in [0.05, 0.1) is 11.4 Å². The Hall–Kier alpha value is -2.57. The average molecular weight is 466 g/mol. The Morgan fingerprint density at radius 3 is 2.72 bits per heavy atom. The number of hydrogen-bond donors (Lipinski definition) is 1. The number of anilines is 1. The Morgan fingerprint density at radius 2 is 1.93 bits per heavy atom. The third-order valence-corrected chi connectivity index (χ3v) is 5.94. The first-order valence-corrected chi connectivity index (χ1v) is 11.3. The van der Waals surface area contributed by atoms with Crippen LogP contribution in [-0.2, 0) is 11.2 Å². The Balaban J connectivity index is 1.57. The maximum Gasteiger partial charge on any atom is 0.224 e. The number of carbonyl (C=O) groups excluding carboxylic acids is 1. The molecule has 0 aliphatic carbocycles. The van der Waals surface area contributed by atoms with E-state index >= 15 is 0 Å². The molecule has 0 saturated carbocycles. The lowest BCUT2D eigenvalue weighted by Gasteiger charge is -2.08. The van der Waals surface area contributed by atoms with Crippen LogP contribution in [0.25, 0.3) is 16.9 Å². The highest BCUT2D eigenvalue weighted by Gasteiger charge is 2.15. The van der Waals surface area contributed by atoms with Crippen molar-refractivity contribution in [1.82, 2.24) is 9.38 Å². The van der Waals surface area contributed by atoms with E-state index in [9.17, 15) is 4.79 Å². The molecule has 2 heterocycles. The molecule has 0 radical (unpaired) electrons. The number of hydrogen-bond acceptors (Lipinski definition) is 3. The van der Waals surface area contributed by atoms with Crippen molar-refractivity contribution in [2.45, 2.75) is 17.7 Å². The number of amides is 1. The number of carbonyl (C=O) groups is 1. The topological polar surface area (TPSA) is 46.4 Å². The standard InChI is InChI=1S/C23H20BrN3OS/c1-29-19-6-4-5-18(15-19)25-22(28)13-12-20-23(16-8-10-17(24)11-9-16)26-21-7-2-3-14-27(20)21/h2-11,14-15H,12-13H2,1H3,(H,25,28). The summed E-state index contributed by atoms with van der Waals surface area (Å²) in [4.78, 5) is 18.5. The van der Waals surface area contributed by atoms with Crippen LogP contribution >= 0.6 is 27.7 Å². The molecule has 0 spiro atoms. The average Bonchev–Trinajstić information content (AvgIpc) is 3.11. The smallest absolute Gasteiger partial charge is 0.224 e. The zero-order valence-corrected chi connectivity index (χ0v) is 18.3. The van der Waals surface area contributed by atoms with Crippen LogP contribution in [0.2, 0.25) is 0 Å². The molecule has 1 N–H and O–H groups in total. The molecule has 0 fully saturated rings. The second kappa shape index (κ2) is 8.84. The summed E-state index contributed by atoms with van der Waals surface area (Å²) in [5, 5.41) is 3.01. The van der Waals surface area contributed by atoms with Crippen LogP contribution < -0.4 is 5.32 Å². The monoisotopic (exact) mass is 465 g/mol. The number of nitrogens with one attached hydrogen (secondary N) is 1.